The van der Waals surface area contributed by atoms with Crippen molar-refractivity contribution in [3.8, 4) is 0 Å². The molecule has 0 spiro atoms. The lowest BCUT2D eigenvalue weighted by Crippen LogP contribution is -2.24. The molecule has 22 heavy (non-hydrogen) atoms. The molecule has 0 bridgehead atoms. The minimum atomic E-state index is -1.28. The van der Waals surface area contributed by atoms with Crippen molar-refractivity contribution in [2.24, 2.45) is 0 Å². The highest BCUT2D eigenvalue weighted by Gasteiger charge is 2.21. The molecule has 1 N–H and O–H groups in total. The summed E-state index contributed by atoms with van der Waals surface area (Å²) in [4.78, 5) is 22.8. The van der Waals surface area contributed by atoms with E-state index in [0.29, 0.717) is 12.0 Å². The second kappa shape index (κ2) is 7.09. The molecule has 0 aliphatic heterocycles. The number of hydrogen-bond acceptors (Lipinski definition) is 3. The Bertz CT molecular complexity index is 591. The maximum absolute atomic E-state index is 14.2. The lowest BCUT2D eigenvalue weighted by molar-refractivity contribution is -0.154. The predicted octanol–water partition coefficient (Wildman–Crippen LogP) is 4.01. The van der Waals surface area contributed by atoms with Crippen LogP contribution in [0, 0.1) is 5.82 Å². The van der Waals surface area contributed by atoms with E-state index in [2.05, 4.69) is 0 Å². The SMILES string of the molecule is CCc1c(Cl)c(C(=O)O)cc(F)c1CCC(=O)OC(C)(C)C. The van der Waals surface area contributed by atoms with Crippen LogP contribution in [0.1, 0.15) is 55.6 Å². The monoisotopic (exact) mass is 330 g/mol. The fraction of sp³-hybridized carbons (Fsp3) is 0.500. The molecule has 0 saturated heterocycles. The first-order valence-corrected chi connectivity index (χ1v) is 7.39. The molecule has 0 saturated carbocycles. The van der Waals surface area contributed by atoms with Gasteiger partial charge >= 0.3 is 11.9 Å². The molecule has 0 radical (unpaired) electrons. The van der Waals surface area contributed by atoms with Gasteiger partial charge in [0.15, 0.2) is 0 Å². The zero-order valence-electron chi connectivity index (χ0n) is 13.1. The summed E-state index contributed by atoms with van der Waals surface area (Å²) in [7, 11) is 0. The number of carboxylic acids is 1. The van der Waals surface area contributed by atoms with E-state index in [4.69, 9.17) is 21.4 Å². The van der Waals surface area contributed by atoms with Crippen LogP contribution in [0.4, 0.5) is 4.39 Å². The molecular formula is C16H20ClFO4. The Morgan fingerprint density at radius 1 is 1.32 bits per heavy atom. The van der Waals surface area contributed by atoms with Crippen LogP contribution in [0.2, 0.25) is 5.02 Å². The van der Waals surface area contributed by atoms with Crippen LogP contribution in [0.5, 0.6) is 0 Å². The van der Waals surface area contributed by atoms with Crippen molar-refractivity contribution in [1.82, 2.24) is 0 Å². The molecule has 0 aliphatic carbocycles. The Kier molecular flexibility index (Phi) is 5.94. The molecule has 6 heteroatoms. The fourth-order valence-corrected chi connectivity index (χ4v) is 2.51. The van der Waals surface area contributed by atoms with Gasteiger partial charge < -0.3 is 9.84 Å². The van der Waals surface area contributed by atoms with Crippen LogP contribution in [-0.4, -0.2) is 22.6 Å². The summed E-state index contributed by atoms with van der Waals surface area (Å²) in [5, 5.41) is 9.05. The Balaban J connectivity index is 3.03. The van der Waals surface area contributed by atoms with Crippen LogP contribution in [0.25, 0.3) is 0 Å². The van der Waals surface area contributed by atoms with Crippen molar-refractivity contribution in [2.75, 3.05) is 0 Å². The standard InChI is InChI=1S/C16H20ClFO4/c1-5-9-10(6-7-13(19)22-16(2,3)4)12(18)8-11(14(9)17)15(20)21/h8H,5-7H2,1-4H3,(H,20,21). The van der Waals surface area contributed by atoms with Gasteiger partial charge in [-0.15, -0.1) is 0 Å². The van der Waals surface area contributed by atoms with Gasteiger partial charge in [0.1, 0.15) is 11.4 Å². The zero-order valence-corrected chi connectivity index (χ0v) is 13.9. The molecule has 1 aromatic carbocycles. The highest BCUT2D eigenvalue weighted by atomic mass is 35.5. The quantitative estimate of drug-likeness (QED) is 0.828. The van der Waals surface area contributed by atoms with Gasteiger partial charge in [0.2, 0.25) is 0 Å². The summed E-state index contributed by atoms with van der Waals surface area (Å²) in [6.07, 6.45) is 0.494. The number of carboxylic acid groups (broad SMARTS) is 1. The van der Waals surface area contributed by atoms with Crippen molar-refractivity contribution in [1.29, 1.82) is 0 Å². The molecule has 0 unspecified atom stereocenters. The first-order valence-electron chi connectivity index (χ1n) is 7.01. The third-order valence-electron chi connectivity index (χ3n) is 3.01. The number of carbonyl (C=O) groups is 2. The van der Waals surface area contributed by atoms with Crippen LogP contribution in [0.15, 0.2) is 6.07 Å². The maximum Gasteiger partial charge on any atom is 0.337 e. The topological polar surface area (TPSA) is 63.6 Å². The molecule has 1 rings (SSSR count). The molecule has 4 nitrogen and oxygen atoms in total. The number of ether oxygens (including phenoxy) is 1. The molecule has 1 aromatic rings. The number of rotatable bonds is 5. The third kappa shape index (κ3) is 4.70. The number of hydrogen-bond donors (Lipinski definition) is 1. The Morgan fingerprint density at radius 2 is 1.91 bits per heavy atom. The molecule has 0 aromatic heterocycles. The van der Waals surface area contributed by atoms with Gasteiger partial charge in [-0.2, -0.15) is 0 Å². The number of benzene rings is 1. The Labute approximate surface area is 134 Å². The molecule has 0 aliphatic rings. The molecule has 122 valence electrons. The summed E-state index contributed by atoms with van der Waals surface area (Å²) < 4.78 is 19.3. The normalized spacial score (nSPS) is 11.4. The second-order valence-corrected chi connectivity index (χ2v) is 6.30. The lowest BCUT2D eigenvalue weighted by Gasteiger charge is -2.20. The molecular weight excluding hydrogens is 311 g/mol. The number of aromatic carboxylic acids is 1. The van der Waals surface area contributed by atoms with Gasteiger partial charge in [0, 0.05) is 6.42 Å². The van der Waals surface area contributed by atoms with Crippen molar-refractivity contribution >= 4 is 23.5 Å². The van der Waals surface area contributed by atoms with Gasteiger partial charge in [0.05, 0.1) is 10.6 Å². The van der Waals surface area contributed by atoms with Crippen LogP contribution in [0.3, 0.4) is 0 Å². The van der Waals surface area contributed by atoms with Gasteiger partial charge in [-0.25, -0.2) is 9.18 Å². The summed E-state index contributed by atoms with van der Waals surface area (Å²) in [5.41, 5.74) is -0.184. The van der Waals surface area contributed by atoms with E-state index < -0.39 is 23.4 Å². The zero-order chi connectivity index (χ0) is 17.1. The van der Waals surface area contributed by atoms with Crippen molar-refractivity contribution in [3.05, 3.63) is 33.6 Å². The molecule has 0 amide bonds. The summed E-state index contributed by atoms with van der Waals surface area (Å²) >= 11 is 6.04. The molecule has 0 fully saturated rings. The minimum Gasteiger partial charge on any atom is -0.478 e. The Morgan fingerprint density at radius 3 is 2.36 bits per heavy atom. The van der Waals surface area contributed by atoms with Gasteiger partial charge in [-0.3, -0.25) is 4.79 Å². The first kappa shape index (κ1) is 18.4. The largest absolute Gasteiger partial charge is 0.478 e. The second-order valence-electron chi connectivity index (χ2n) is 5.92. The maximum atomic E-state index is 14.2. The highest BCUT2D eigenvalue weighted by Crippen LogP contribution is 2.29. The van der Waals surface area contributed by atoms with E-state index in [-0.39, 0.29) is 29.0 Å². The van der Waals surface area contributed by atoms with Gasteiger partial charge in [-0.05, 0) is 50.8 Å². The molecule has 0 atom stereocenters. The van der Waals surface area contributed by atoms with E-state index in [1.165, 1.54) is 0 Å². The number of halogens is 2. The van der Waals surface area contributed by atoms with E-state index >= 15 is 0 Å². The van der Waals surface area contributed by atoms with Crippen molar-refractivity contribution < 1.29 is 23.8 Å². The van der Waals surface area contributed by atoms with Crippen LogP contribution in [-0.2, 0) is 22.4 Å². The van der Waals surface area contributed by atoms with E-state index in [1.54, 1.807) is 27.7 Å². The highest BCUT2D eigenvalue weighted by molar-refractivity contribution is 6.34. The van der Waals surface area contributed by atoms with Crippen molar-refractivity contribution in [2.45, 2.75) is 52.6 Å². The summed E-state index contributed by atoms with van der Waals surface area (Å²) in [6.45, 7) is 7.01. The number of carbonyl (C=O) groups excluding carboxylic acids is 1. The smallest absolute Gasteiger partial charge is 0.337 e. The minimum absolute atomic E-state index is 0.00391. The van der Waals surface area contributed by atoms with E-state index in [9.17, 15) is 14.0 Å². The average Bonchev–Trinajstić information content (AvgIpc) is 2.36. The third-order valence-corrected chi connectivity index (χ3v) is 3.44. The van der Waals surface area contributed by atoms with E-state index in [1.807, 2.05) is 0 Å². The van der Waals surface area contributed by atoms with Gasteiger partial charge in [0.25, 0.3) is 0 Å². The summed E-state index contributed by atoms with van der Waals surface area (Å²) in [6, 6.07) is 0.897. The average molecular weight is 331 g/mol. The Hall–Kier alpha value is -1.62. The van der Waals surface area contributed by atoms with Crippen LogP contribution >= 0.6 is 11.6 Å². The molecule has 0 heterocycles. The fourth-order valence-electron chi connectivity index (χ4n) is 2.13. The van der Waals surface area contributed by atoms with Crippen molar-refractivity contribution in [3.63, 3.8) is 0 Å². The lowest BCUT2D eigenvalue weighted by atomic mass is 9.97. The van der Waals surface area contributed by atoms with E-state index in [0.717, 1.165) is 6.07 Å². The summed E-state index contributed by atoms with van der Waals surface area (Å²) in [5.74, 6) is -2.38. The first-order chi connectivity index (χ1) is 10.1. The predicted molar refractivity (Wildman–Crippen MR) is 81.9 cm³/mol. The number of esters is 1. The van der Waals surface area contributed by atoms with Gasteiger partial charge in [-0.1, -0.05) is 18.5 Å². The van der Waals surface area contributed by atoms with Crippen LogP contribution < -0.4 is 0 Å².